The smallest absolute Gasteiger partial charge is 0.00105 e. The van der Waals surface area contributed by atoms with Crippen molar-refractivity contribution in [2.75, 3.05) is 6.54 Å². The Morgan fingerprint density at radius 1 is 1.29 bits per heavy atom. The van der Waals surface area contributed by atoms with Crippen LogP contribution in [0.1, 0.15) is 44.7 Å². The summed E-state index contributed by atoms with van der Waals surface area (Å²) in [6, 6.07) is 9.40. The molecule has 0 aliphatic carbocycles. The molecular weight excluding hydrogens is 206 g/mol. The van der Waals surface area contributed by atoms with Crippen molar-refractivity contribution in [2.45, 2.75) is 46.1 Å². The van der Waals surface area contributed by atoms with Crippen LogP contribution in [0.2, 0.25) is 0 Å². The fourth-order valence-electron chi connectivity index (χ4n) is 1.82. The zero-order valence-corrected chi connectivity index (χ0v) is 11.4. The molecule has 0 unspecified atom stereocenters. The van der Waals surface area contributed by atoms with Crippen LogP contribution >= 0.6 is 0 Å². The van der Waals surface area contributed by atoms with Crippen molar-refractivity contribution < 1.29 is 0 Å². The summed E-state index contributed by atoms with van der Waals surface area (Å²) < 4.78 is 0. The minimum atomic E-state index is 0.580. The molecule has 0 atom stereocenters. The summed E-state index contributed by atoms with van der Waals surface area (Å²) in [7, 11) is 0. The zero-order chi connectivity index (χ0) is 12.5. The van der Waals surface area contributed by atoms with Crippen molar-refractivity contribution in [2.24, 2.45) is 0 Å². The zero-order valence-electron chi connectivity index (χ0n) is 11.4. The lowest BCUT2D eigenvalue weighted by Crippen LogP contribution is -2.23. The largest absolute Gasteiger partial charge is 0.314 e. The highest BCUT2D eigenvalue weighted by Crippen LogP contribution is 2.09. The van der Waals surface area contributed by atoms with Crippen molar-refractivity contribution in [3.8, 4) is 0 Å². The van der Waals surface area contributed by atoms with Crippen molar-refractivity contribution in [1.82, 2.24) is 5.32 Å². The molecule has 0 aliphatic heterocycles. The summed E-state index contributed by atoms with van der Waals surface area (Å²) >= 11 is 0. The topological polar surface area (TPSA) is 12.0 Å². The highest BCUT2D eigenvalue weighted by atomic mass is 14.9. The van der Waals surface area contributed by atoms with E-state index in [1.807, 2.05) is 0 Å². The molecular formula is C16H25N. The lowest BCUT2D eigenvalue weighted by Gasteiger charge is -2.05. The third-order valence-electron chi connectivity index (χ3n) is 2.66. The van der Waals surface area contributed by atoms with Gasteiger partial charge in [0.05, 0.1) is 0 Å². The van der Waals surface area contributed by atoms with Crippen LogP contribution in [0.25, 0.3) is 6.08 Å². The van der Waals surface area contributed by atoms with Gasteiger partial charge in [-0.3, -0.25) is 0 Å². The maximum Gasteiger partial charge on any atom is 0.00105 e. The second-order valence-corrected chi connectivity index (χ2v) is 4.79. The van der Waals surface area contributed by atoms with Crippen LogP contribution in [-0.4, -0.2) is 12.6 Å². The highest BCUT2D eigenvalue weighted by Gasteiger charge is 1.92. The van der Waals surface area contributed by atoms with E-state index in [2.05, 4.69) is 62.5 Å². The fourth-order valence-corrected chi connectivity index (χ4v) is 1.82. The van der Waals surface area contributed by atoms with E-state index in [1.54, 1.807) is 0 Å². The second-order valence-electron chi connectivity index (χ2n) is 4.79. The Morgan fingerprint density at radius 3 is 2.82 bits per heavy atom. The first kappa shape index (κ1) is 14.0. The van der Waals surface area contributed by atoms with E-state index in [-0.39, 0.29) is 0 Å². The Balaban J connectivity index is 2.39. The second kappa shape index (κ2) is 8.08. The highest BCUT2D eigenvalue weighted by molar-refractivity contribution is 5.50. The average Bonchev–Trinajstić information content (AvgIpc) is 2.29. The average molecular weight is 231 g/mol. The fraction of sp³-hybridized carbons (Fsp3) is 0.500. The predicted octanol–water partition coefficient (Wildman–Crippen LogP) is 4.04. The molecule has 1 nitrogen and oxygen atoms in total. The Bertz CT molecular complexity index is 339. The standard InChI is InChI=1S/C16H25N/c1-4-8-15-10-7-11-16(13-15)9-5-6-12-17-14(2)3/h5,7,9-11,13-14,17H,4,6,8,12H2,1-3H3/b9-5+. The van der Waals surface area contributed by atoms with Crippen molar-refractivity contribution >= 4 is 6.08 Å². The number of rotatable bonds is 7. The van der Waals surface area contributed by atoms with Gasteiger partial charge in [0.1, 0.15) is 0 Å². The molecule has 17 heavy (non-hydrogen) atoms. The van der Waals surface area contributed by atoms with Gasteiger partial charge in [0, 0.05) is 6.04 Å². The van der Waals surface area contributed by atoms with Crippen LogP contribution in [0.4, 0.5) is 0 Å². The first-order chi connectivity index (χ1) is 8.22. The van der Waals surface area contributed by atoms with Gasteiger partial charge in [0.15, 0.2) is 0 Å². The summed E-state index contributed by atoms with van der Waals surface area (Å²) in [6.45, 7) is 7.64. The Morgan fingerprint density at radius 2 is 2.12 bits per heavy atom. The van der Waals surface area contributed by atoms with E-state index < -0.39 is 0 Å². The molecule has 0 radical (unpaired) electrons. The predicted molar refractivity (Wildman–Crippen MR) is 77.2 cm³/mol. The van der Waals surface area contributed by atoms with Crippen molar-refractivity contribution in [3.05, 3.63) is 41.5 Å². The summed E-state index contributed by atoms with van der Waals surface area (Å²) in [5.74, 6) is 0. The van der Waals surface area contributed by atoms with Crippen LogP contribution in [-0.2, 0) is 6.42 Å². The molecule has 0 aliphatic rings. The molecule has 0 amide bonds. The van der Waals surface area contributed by atoms with Gasteiger partial charge in [-0.15, -0.1) is 0 Å². The third kappa shape index (κ3) is 6.28. The van der Waals surface area contributed by atoms with Gasteiger partial charge in [-0.05, 0) is 30.5 Å². The van der Waals surface area contributed by atoms with E-state index in [4.69, 9.17) is 0 Å². The van der Waals surface area contributed by atoms with Gasteiger partial charge >= 0.3 is 0 Å². The van der Waals surface area contributed by atoms with Gasteiger partial charge < -0.3 is 5.32 Å². The van der Waals surface area contributed by atoms with E-state index in [1.165, 1.54) is 24.0 Å². The van der Waals surface area contributed by atoms with Crippen molar-refractivity contribution in [1.29, 1.82) is 0 Å². The molecule has 0 bridgehead atoms. The third-order valence-corrected chi connectivity index (χ3v) is 2.66. The minimum absolute atomic E-state index is 0.580. The molecule has 0 fully saturated rings. The van der Waals surface area contributed by atoms with Crippen LogP contribution in [0.3, 0.4) is 0 Å². The number of hydrogen-bond acceptors (Lipinski definition) is 1. The Labute approximate surface area is 106 Å². The number of benzene rings is 1. The first-order valence-corrected chi connectivity index (χ1v) is 6.71. The van der Waals surface area contributed by atoms with Gasteiger partial charge in [0.2, 0.25) is 0 Å². The Hall–Kier alpha value is -1.08. The molecule has 0 aromatic heterocycles. The number of hydrogen-bond donors (Lipinski definition) is 1. The molecule has 1 N–H and O–H groups in total. The molecule has 0 saturated heterocycles. The minimum Gasteiger partial charge on any atom is -0.314 e. The number of nitrogens with one attached hydrogen (secondary N) is 1. The summed E-state index contributed by atoms with van der Waals surface area (Å²) in [4.78, 5) is 0. The maximum atomic E-state index is 3.41. The first-order valence-electron chi connectivity index (χ1n) is 6.71. The number of aryl methyl sites for hydroxylation is 1. The van der Waals surface area contributed by atoms with Crippen LogP contribution in [0.5, 0.6) is 0 Å². The van der Waals surface area contributed by atoms with Gasteiger partial charge in [-0.1, -0.05) is 63.6 Å². The lowest BCUT2D eigenvalue weighted by atomic mass is 10.1. The maximum absolute atomic E-state index is 3.41. The summed E-state index contributed by atoms with van der Waals surface area (Å²) in [5, 5.41) is 3.41. The quantitative estimate of drug-likeness (QED) is 0.698. The van der Waals surface area contributed by atoms with Gasteiger partial charge in [0.25, 0.3) is 0 Å². The molecule has 94 valence electrons. The van der Waals surface area contributed by atoms with Gasteiger partial charge in [-0.25, -0.2) is 0 Å². The molecule has 1 aromatic rings. The van der Waals surface area contributed by atoms with E-state index in [0.29, 0.717) is 6.04 Å². The van der Waals surface area contributed by atoms with Crippen LogP contribution in [0.15, 0.2) is 30.3 Å². The molecule has 0 saturated carbocycles. The molecule has 0 spiro atoms. The summed E-state index contributed by atoms with van der Waals surface area (Å²) in [6.07, 6.45) is 7.96. The molecule has 1 aromatic carbocycles. The van der Waals surface area contributed by atoms with Crippen molar-refractivity contribution in [3.63, 3.8) is 0 Å². The normalized spacial score (nSPS) is 11.5. The van der Waals surface area contributed by atoms with Gasteiger partial charge in [-0.2, -0.15) is 0 Å². The van der Waals surface area contributed by atoms with E-state index >= 15 is 0 Å². The lowest BCUT2D eigenvalue weighted by molar-refractivity contribution is 0.595. The Kier molecular flexibility index (Phi) is 6.64. The van der Waals surface area contributed by atoms with E-state index in [0.717, 1.165) is 13.0 Å². The molecule has 1 heteroatoms. The molecule has 1 rings (SSSR count). The van der Waals surface area contributed by atoms with Crippen LogP contribution < -0.4 is 5.32 Å². The monoisotopic (exact) mass is 231 g/mol. The van der Waals surface area contributed by atoms with Crippen LogP contribution in [0, 0.1) is 0 Å². The summed E-state index contributed by atoms with van der Waals surface area (Å²) in [5.41, 5.74) is 2.76. The SMILES string of the molecule is CCCc1cccc(/C=C/CCNC(C)C)c1. The van der Waals surface area contributed by atoms with E-state index in [9.17, 15) is 0 Å². The molecule has 0 heterocycles.